The van der Waals surface area contributed by atoms with Crippen molar-refractivity contribution in [3.63, 3.8) is 0 Å². The number of esters is 1. The van der Waals surface area contributed by atoms with E-state index in [1.165, 1.54) is 13.4 Å². The van der Waals surface area contributed by atoms with Gasteiger partial charge in [-0.3, -0.25) is 4.79 Å². The molecule has 0 unspecified atom stereocenters. The predicted octanol–water partition coefficient (Wildman–Crippen LogP) is 1.50. The molecule has 6 heteroatoms. The van der Waals surface area contributed by atoms with Crippen molar-refractivity contribution in [1.29, 1.82) is 0 Å². The van der Waals surface area contributed by atoms with Crippen molar-refractivity contribution in [2.24, 2.45) is 0 Å². The Bertz CT molecular complexity index is 310. The molecule has 0 saturated carbocycles. The van der Waals surface area contributed by atoms with Crippen molar-refractivity contribution in [2.45, 2.75) is 6.42 Å². The lowest BCUT2D eigenvalue weighted by Gasteiger charge is -2.02. The normalized spacial score (nSPS) is 9.77. The summed E-state index contributed by atoms with van der Waals surface area (Å²) >= 11 is 11.4. The highest BCUT2D eigenvalue weighted by molar-refractivity contribution is 6.34. The van der Waals surface area contributed by atoms with Gasteiger partial charge in [-0.1, -0.05) is 23.2 Å². The Balaban J connectivity index is 2.93. The molecule has 0 bridgehead atoms. The Morgan fingerprint density at radius 1 is 1.46 bits per heavy atom. The van der Waals surface area contributed by atoms with Crippen LogP contribution in [0.15, 0.2) is 6.33 Å². The van der Waals surface area contributed by atoms with E-state index in [0.29, 0.717) is 5.56 Å². The third-order valence-electron chi connectivity index (χ3n) is 1.39. The van der Waals surface area contributed by atoms with Gasteiger partial charge in [0.05, 0.1) is 13.5 Å². The molecule has 13 heavy (non-hydrogen) atoms. The number of hydrogen-bond acceptors (Lipinski definition) is 4. The molecular formula is C7H6Cl2N2O2. The van der Waals surface area contributed by atoms with Crippen LogP contribution in [0.2, 0.25) is 10.3 Å². The van der Waals surface area contributed by atoms with Crippen molar-refractivity contribution in [3.05, 3.63) is 22.2 Å². The van der Waals surface area contributed by atoms with E-state index in [0.717, 1.165) is 0 Å². The molecule has 1 rings (SSSR count). The number of carbonyl (C=O) groups excluding carboxylic acids is 1. The average molecular weight is 221 g/mol. The molecule has 0 saturated heterocycles. The fourth-order valence-corrected chi connectivity index (χ4v) is 1.18. The van der Waals surface area contributed by atoms with Crippen LogP contribution in [-0.4, -0.2) is 23.0 Å². The van der Waals surface area contributed by atoms with Gasteiger partial charge in [0.1, 0.15) is 16.6 Å². The number of methoxy groups -OCH3 is 1. The first kappa shape index (κ1) is 10.2. The quantitative estimate of drug-likeness (QED) is 0.560. The number of hydrogen-bond donors (Lipinski definition) is 0. The lowest BCUT2D eigenvalue weighted by molar-refractivity contribution is -0.139. The first-order valence-electron chi connectivity index (χ1n) is 3.37. The first-order valence-corrected chi connectivity index (χ1v) is 4.12. The summed E-state index contributed by atoms with van der Waals surface area (Å²) in [6.45, 7) is 0. The van der Waals surface area contributed by atoms with Crippen LogP contribution in [0.5, 0.6) is 0 Å². The van der Waals surface area contributed by atoms with E-state index in [1.807, 2.05) is 0 Å². The van der Waals surface area contributed by atoms with Crippen molar-refractivity contribution < 1.29 is 9.53 Å². The van der Waals surface area contributed by atoms with Crippen LogP contribution >= 0.6 is 23.2 Å². The van der Waals surface area contributed by atoms with Crippen molar-refractivity contribution in [3.8, 4) is 0 Å². The number of halogens is 2. The maximum absolute atomic E-state index is 10.9. The Hall–Kier alpha value is -0.870. The third kappa shape index (κ3) is 2.54. The summed E-state index contributed by atoms with van der Waals surface area (Å²) in [7, 11) is 1.29. The van der Waals surface area contributed by atoms with Crippen LogP contribution < -0.4 is 0 Å². The molecule has 4 nitrogen and oxygen atoms in total. The molecule has 0 fully saturated rings. The van der Waals surface area contributed by atoms with Crippen LogP contribution in [0.1, 0.15) is 5.56 Å². The maximum atomic E-state index is 10.9. The van der Waals surface area contributed by atoms with Crippen LogP contribution in [0, 0.1) is 0 Å². The summed E-state index contributed by atoms with van der Waals surface area (Å²) in [5.74, 6) is -0.432. The van der Waals surface area contributed by atoms with E-state index in [4.69, 9.17) is 23.2 Å². The molecule has 1 aromatic rings. The third-order valence-corrected chi connectivity index (χ3v) is 2.04. The highest BCUT2D eigenvalue weighted by Gasteiger charge is 2.12. The van der Waals surface area contributed by atoms with Gasteiger partial charge in [-0.25, -0.2) is 9.97 Å². The lowest BCUT2D eigenvalue weighted by atomic mass is 10.2. The molecule has 0 N–H and O–H groups in total. The summed E-state index contributed by atoms with van der Waals surface area (Å²) in [6, 6.07) is 0. The van der Waals surface area contributed by atoms with E-state index in [9.17, 15) is 4.79 Å². The minimum Gasteiger partial charge on any atom is -0.469 e. The van der Waals surface area contributed by atoms with Gasteiger partial charge in [-0.15, -0.1) is 0 Å². The minimum atomic E-state index is -0.432. The van der Waals surface area contributed by atoms with Crippen LogP contribution in [0.25, 0.3) is 0 Å². The van der Waals surface area contributed by atoms with Gasteiger partial charge >= 0.3 is 5.97 Å². The van der Waals surface area contributed by atoms with Gasteiger partial charge in [-0.05, 0) is 0 Å². The second kappa shape index (κ2) is 4.39. The highest BCUT2D eigenvalue weighted by Crippen LogP contribution is 2.20. The second-order valence-electron chi connectivity index (χ2n) is 2.19. The van der Waals surface area contributed by atoms with Gasteiger partial charge < -0.3 is 4.74 Å². The van der Waals surface area contributed by atoms with Crippen molar-refractivity contribution in [2.75, 3.05) is 7.11 Å². The van der Waals surface area contributed by atoms with Gasteiger partial charge in [0.15, 0.2) is 0 Å². The zero-order valence-electron chi connectivity index (χ0n) is 6.75. The van der Waals surface area contributed by atoms with Crippen molar-refractivity contribution >= 4 is 29.2 Å². The molecule has 1 aromatic heterocycles. The zero-order valence-corrected chi connectivity index (χ0v) is 8.26. The van der Waals surface area contributed by atoms with Crippen LogP contribution in [0.4, 0.5) is 0 Å². The molecular weight excluding hydrogens is 215 g/mol. The van der Waals surface area contributed by atoms with E-state index < -0.39 is 5.97 Å². The molecule has 0 aromatic carbocycles. The van der Waals surface area contributed by atoms with Gasteiger partial charge in [0, 0.05) is 5.56 Å². The molecule has 70 valence electrons. The van der Waals surface area contributed by atoms with E-state index in [2.05, 4.69) is 14.7 Å². The topological polar surface area (TPSA) is 52.1 Å². The molecule has 0 atom stereocenters. The highest BCUT2D eigenvalue weighted by atomic mass is 35.5. The number of ether oxygens (including phenoxy) is 1. The Labute approximate surface area is 84.8 Å². The molecule has 0 aliphatic heterocycles. The van der Waals surface area contributed by atoms with Crippen molar-refractivity contribution in [1.82, 2.24) is 9.97 Å². The number of rotatable bonds is 2. The van der Waals surface area contributed by atoms with Gasteiger partial charge in [0.2, 0.25) is 0 Å². The summed E-state index contributed by atoms with van der Waals surface area (Å²) in [4.78, 5) is 18.3. The monoisotopic (exact) mass is 220 g/mol. The lowest BCUT2D eigenvalue weighted by Crippen LogP contribution is -2.06. The summed E-state index contributed by atoms with van der Waals surface area (Å²) in [5.41, 5.74) is 0.387. The summed E-state index contributed by atoms with van der Waals surface area (Å²) in [6.07, 6.45) is 1.21. The fourth-order valence-electron chi connectivity index (χ4n) is 0.734. The largest absolute Gasteiger partial charge is 0.469 e. The first-order chi connectivity index (χ1) is 6.15. The van der Waals surface area contributed by atoms with Gasteiger partial charge in [0.25, 0.3) is 0 Å². The Morgan fingerprint density at radius 2 is 2.00 bits per heavy atom. The van der Waals surface area contributed by atoms with E-state index in [1.54, 1.807) is 0 Å². The zero-order chi connectivity index (χ0) is 9.84. The molecule has 1 heterocycles. The standard InChI is InChI=1S/C7H6Cl2N2O2/c1-13-5(12)2-4-6(8)10-3-11-7(4)9/h3H,2H2,1H3. The van der Waals surface area contributed by atoms with E-state index >= 15 is 0 Å². The molecule has 0 aliphatic carbocycles. The molecule has 0 spiro atoms. The number of nitrogens with zero attached hydrogens (tertiary/aromatic N) is 2. The minimum absolute atomic E-state index is 0.0188. The van der Waals surface area contributed by atoms with Gasteiger partial charge in [-0.2, -0.15) is 0 Å². The summed E-state index contributed by atoms with van der Waals surface area (Å²) in [5, 5.41) is 0.343. The van der Waals surface area contributed by atoms with Crippen LogP contribution in [0.3, 0.4) is 0 Å². The number of carbonyl (C=O) groups is 1. The average Bonchev–Trinajstić information content (AvgIpc) is 2.11. The van der Waals surface area contributed by atoms with Crippen LogP contribution in [-0.2, 0) is 16.0 Å². The molecule has 0 radical (unpaired) electrons. The molecule has 0 aliphatic rings. The van der Waals surface area contributed by atoms with E-state index in [-0.39, 0.29) is 16.7 Å². The SMILES string of the molecule is COC(=O)Cc1c(Cl)ncnc1Cl. The summed E-state index contributed by atoms with van der Waals surface area (Å²) < 4.78 is 4.45. The second-order valence-corrected chi connectivity index (χ2v) is 2.90. The smallest absolute Gasteiger partial charge is 0.310 e. The Morgan fingerprint density at radius 3 is 2.46 bits per heavy atom. The predicted molar refractivity (Wildman–Crippen MR) is 47.8 cm³/mol. The number of aromatic nitrogens is 2. The Kier molecular flexibility index (Phi) is 3.45. The molecule has 0 amide bonds. The maximum Gasteiger partial charge on any atom is 0.310 e. The fraction of sp³-hybridized carbons (Fsp3) is 0.286.